The standard InChI is InChI=1S/C16H22N2O3S/c19-15(18-5-3-16(10-18)4-7-20-11-16)17-9-13-12-2-8-22-14(12)1-6-21-13/h2,8,13H,1,3-7,9-11H2,(H,17,19)/t13-,16+/m1/s1. The second-order valence-corrected chi connectivity index (χ2v) is 7.57. The molecule has 1 N–H and O–H groups in total. The van der Waals surface area contributed by atoms with Crippen LogP contribution in [0.5, 0.6) is 0 Å². The Bertz CT molecular complexity index is 553. The van der Waals surface area contributed by atoms with Gasteiger partial charge >= 0.3 is 6.03 Å². The number of fused-ring (bicyclic) bond motifs is 1. The van der Waals surface area contributed by atoms with E-state index >= 15 is 0 Å². The molecule has 4 rings (SSSR count). The van der Waals surface area contributed by atoms with Crippen molar-refractivity contribution in [2.45, 2.75) is 25.4 Å². The average Bonchev–Trinajstić information content (AvgIpc) is 3.26. The molecular weight excluding hydrogens is 300 g/mol. The van der Waals surface area contributed by atoms with E-state index in [1.54, 1.807) is 11.3 Å². The van der Waals surface area contributed by atoms with E-state index in [0.29, 0.717) is 6.54 Å². The highest BCUT2D eigenvalue weighted by Crippen LogP contribution is 2.38. The maximum absolute atomic E-state index is 12.4. The minimum Gasteiger partial charge on any atom is -0.381 e. The lowest BCUT2D eigenvalue weighted by Gasteiger charge is -2.26. The maximum atomic E-state index is 12.4. The Balaban J connectivity index is 1.32. The van der Waals surface area contributed by atoms with Gasteiger partial charge in [-0.1, -0.05) is 0 Å². The molecule has 22 heavy (non-hydrogen) atoms. The number of nitrogens with zero attached hydrogens (tertiary/aromatic N) is 1. The molecule has 120 valence electrons. The first-order valence-corrected chi connectivity index (χ1v) is 8.92. The van der Waals surface area contributed by atoms with Crippen molar-refractivity contribution in [3.05, 3.63) is 21.9 Å². The van der Waals surface area contributed by atoms with Gasteiger partial charge in [0.05, 0.1) is 13.2 Å². The average molecular weight is 322 g/mol. The van der Waals surface area contributed by atoms with Crippen LogP contribution in [0.15, 0.2) is 11.4 Å². The lowest BCUT2D eigenvalue weighted by atomic mass is 9.87. The van der Waals surface area contributed by atoms with Crippen molar-refractivity contribution in [3.8, 4) is 0 Å². The smallest absolute Gasteiger partial charge is 0.317 e. The topological polar surface area (TPSA) is 50.8 Å². The summed E-state index contributed by atoms with van der Waals surface area (Å²) in [5.74, 6) is 0. The molecule has 0 unspecified atom stereocenters. The monoisotopic (exact) mass is 322 g/mol. The molecule has 3 aliphatic rings. The highest BCUT2D eigenvalue weighted by molar-refractivity contribution is 7.10. The van der Waals surface area contributed by atoms with Gasteiger partial charge in [-0.25, -0.2) is 4.79 Å². The number of hydrogen-bond donors (Lipinski definition) is 1. The summed E-state index contributed by atoms with van der Waals surface area (Å²) < 4.78 is 11.3. The second-order valence-electron chi connectivity index (χ2n) is 6.57. The van der Waals surface area contributed by atoms with E-state index < -0.39 is 0 Å². The SMILES string of the molecule is O=C(NC[C@H]1OCCc2sccc21)N1CC[C@]2(CCOC2)C1. The zero-order chi connectivity index (χ0) is 15.0. The Morgan fingerprint density at radius 1 is 1.45 bits per heavy atom. The Labute approximate surface area is 134 Å². The Hall–Kier alpha value is -1.11. The van der Waals surface area contributed by atoms with E-state index in [0.717, 1.165) is 52.2 Å². The van der Waals surface area contributed by atoms with Gasteiger partial charge < -0.3 is 19.7 Å². The maximum Gasteiger partial charge on any atom is 0.317 e. The summed E-state index contributed by atoms with van der Waals surface area (Å²) in [6.45, 7) is 4.62. The van der Waals surface area contributed by atoms with Crippen molar-refractivity contribution in [2.24, 2.45) is 5.41 Å². The van der Waals surface area contributed by atoms with Crippen LogP contribution in [0.2, 0.25) is 0 Å². The summed E-state index contributed by atoms with van der Waals surface area (Å²) in [6, 6.07) is 2.16. The number of amides is 2. The van der Waals surface area contributed by atoms with E-state index in [1.807, 2.05) is 4.90 Å². The molecule has 0 aliphatic carbocycles. The fourth-order valence-electron chi connectivity index (χ4n) is 3.76. The van der Waals surface area contributed by atoms with Crippen LogP contribution < -0.4 is 5.32 Å². The van der Waals surface area contributed by atoms with E-state index in [2.05, 4.69) is 16.8 Å². The number of hydrogen-bond acceptors (Lipinski definition) is 4. The number of urea groups is 1. The second kappa shape index (κ2) is 5.83. The highest BCUT2D eigenvalue weighted by Gasteiger charge is 2.42. The van der Waals surface area contributed by atoms with Crippen LogP contribution in [0, 0.1) is 5.41 Å². The number of likely N-dealkylation sites (tertiary alicyclic amines) is 1. The van der Waals surface area contributed by atoms with Gasteiger partial charge in [-0.05, 0) is 29.9 Å². The van der Waals surface area contributed by atoms with E-state index in [9.17, 15) is 4.79 Å². The predicted molar refractivity (Wildman–Crippen MR) is 84.2 cm³/mol. The fourth-order valence-corrected chi connectivity index (χ4v) is 4.68. The molecular formula is C16H22N2O3S. The predicted octanol–water partition coefficient (Wildman–Crippen LogP) is 2.18. The van der Waals surface area contributed by atoms with Gasteiger partial charge in [0.25, 0.3) is 0 Å². The van der Waals surface area contributed by atoms with Gasteiger partial charge in [0.1, 0.15) is 6.10 Å². The molecule has 1 aromatic rings. The zero-order valence-corrected chi connectivity index (χ0v) is 13.5. The first kappa shape index (κ1) is 14.5. The van der Waals surface area contributed by atoms with Gasteiger partial charge in [-0.15, -0.1) is 11.3 Å². The first-order valence-electron chi connectivity index (χ1n) is 8.04. The number of nitrogens with one attached hydrogen (secondary N) is 1. The molecule has 5 nitrogen and oxygen atoms in total. The van der Waals surface area contributed by atoms with Crippen LogP contribution in [0.4, 0.5) is 4.79 Å². The fraction of sp³-hybridized carbons (Fsp3) is 0.688. The van der Waals surface area contributed by atoms with Crippen LogP contribution in [0.1, 0.15) is 29.4 Å². The van der Waals surface area contributed by atoms with Gasteiger partial charge in [0.2, 0.25) is 0 Å². The van der Waals surface area contributed by atoms with Gasteiger partial charge in [-0.3, -0.25) is 0 Å². The van der Waals surface area contributed by atoms with Crippen molar-refractivity contribution in [2.75, 3.05) is 39.5 Å². The largest absolute Gasteiger partial charge is 0.381 e. The third-order valence-corrected chi connectivity index (χ3v) is 6.12. The summed E-state index contributed by atoms with van der Waals surface area (Å²) in [6.07, 6.45) is 3.15. The Morgan fingerprint density at radius 2 is 2.41 bits per heavy atom. The Morgan fingerprint density at radius 3 is 3.27 bits per heavy atom. The summed E-state index contributed by atoms with van der Waals surface area (Å²) >= 11 is 1.78. The van der Waals surface area contributed by atoms with Crippen molar-refractivity contribution in [1.82, 2.24) is 10.2 Å². The highest BCUT2D eigenvalue weighted by atomic mass is 32.1. The normalized spacial score (nSPS) is 30.7. The van der Waals surface area contributed by atoms with Crippen LogP contribution in [0.25, 0.3) is 0 Å². The first-order chi connectivity index (χ1) is 10.8. The molecule has 0 bridgehead atoms. The van der Waals surface area contributed by atoms with Gasteiger partial charge in [-0.2, -0.15) is 0 Å². The molecule has 1 aromatic heterocycles. The molecule has 6 heteroatoms. The molecule has 2 atom stereocenters. The van der Waals surface area contributed by atoms with E-state index in [-0.39, 0.29) is 17.6 Å². The Kier molecular flexibility index (Phi) is 3.84. The molecule has 0 saturated carbocycles. The van der Waals surface area contributed by atoms with Gasteiger partial charge in [0.15, 0.2) is 0 Å². The third kappa shape index (κ3) is 2.64. The van der Waals surface area contributed by atoms with Crippen molar-refractivity contribution in [3.63, 3.8) is 0 Å². The minimum absolute atomic E-state index is 0.00493. The third-order valence-electron chi connectivity index (χ3n) is 5.12. The van der Waals surface area contributed by atoms with E-state index in [4.69, 9.17) is 9.47 Å². The van der Waals surface area contributed by atoms with Crippen LogP contribution in [0.3, 0.4) is 0 Å². The number of thiophene rings is 1. The van der Waals surface area contributed by atoms with Crippen molar-refractivity contribution < 1.29 is 14.3 Å². The number of rotatable bonds is 2. The number of ether oxygens (including phenoxy) is 2. The molecule has 2 saturated heterocycles. The lowest BCUT2D eigenvalue weighted by molar-refractivity contribution is 0.0445. The molecule has 1 spiro atoms. The van der Waals surface area contributed by atoms with Gasteiger partial charge in [0, 0.05) is 43.0 Å². The van der Waals surface area contributed by atoms with Crippen LogP contribution in [-0.2, 0) is 15.9 Å². The number of carbonyl (C=O) groups excluding carboxylic acids is 1. The summed E-state index contributed by atoms with van der Waals surface area (Å²) in [4.78, 5) is 15.7. The molecule has 0 radical (unpaired) electrons. The van der Waals surface area contributed by atoms with E-state index in [1.165, 1.54) is 10.4 Å². The summed E-state index contributed by atoms with van der Waals surface area (Å²) in [5.41, 5.74) is 1.47. The summed E-state index contributed by atoms with van der Waals surface area (Å²) in [7, 11) is 0. The molecule has 3 aliphatic heterocycles. The number of carbonyl (C=O) groups is 1. The van der Waals surface area contributed by atoms with Crippen molar-refractivity contribution in [1.29, 1.82) is 0 Å². The minimum atomic E-state index is 0.00493. The molecule has 4 heterocycles. The molecule has 2 amide bonds. The molecule has 0 aromatic carbocycles. The van der Waals surface area contributed by atoms with Crippen LogP contribution in [-0.4, -0.2) is 50.4 Å². The lowest BCUT2D eigenvalue weighted by Crippen LogP contribution is -2.42. The quantitative estimate of drug-likeness (QED) is 0.908. The summed E-state index contributed by atoms with van der Waals surface area (Å²) in [5, 5.41) is 5.17. The zero-order valence-electron chi connectivity index (χ0n) is 12.7. The van der Waals surface area contributed by atoms with Crippen LogP contribution >= 0.6 is 11.3 Å². The van der Waals surface area contributed by atoms with Crippen molar-refractivity contribution >= 4 is 17.4 Å². The molecule has 2 fully saturated rings.